The Hall–Kier alpha value is -1.69. The maximum absolute atomic E-state index is 13.1. The lowest BCUT2D eigenvalue weighted by atomic mass is 9.77. The highest BCUT2D eigenvalue weighted by atomic mass is 19.1. The predicted molar refractivity (Wildman–Crippen MR) is 74.0 cm³/mol. The number of aromatic nitrogens is 3. The van der Waals surface area contributed by atoms with Gasteiger partial charge in [0.15, 0.2) is 5.65 Å². The average Bonchev–Trinajstić information content (AvgIpc) is 2.79. The fourth-order valence-electron chi connectivity index (χ4n) is 3.10. The molecule has 2 N–H and O–H groups in total. The van der Waals surface area contributed by atoms with Crippen LogP contribution in [0.4, 0.5) is 10.3 Å². The summed E-state index contributed by atoms with van der Waals surface area (Å²) in [6.45, 7) is 2.25. The van der Waals surface area contributed by atoms with Crippen molar-refractivity contribution in [2.45, 2.75) is 38.1 Å². The van der Waals surface area contributed by atoms with E-state index in [2.05, 4.69) is 22.3 Å². The van der Waals surface area contributed by atoms with E-state index in [0.29, 0.717) is 17.5 Å². The molecule has 5 nitrogen and oxygen atoms in total. The van der Waals surface area contributed by atoms with Crippen LogP contribution in [0.1, 0.15) is 32.6 Å². The lowest BCUT2D eigenvalue weighted by Crippen LogP contribution is -2.46. The maximum Gasteiger partial charge on any atom is 0.243 e. The quantitative estimate of drug-likeness (QED) is 0.903. The molecule has 0 aromatic carbocycles. The summed E-state index contributed by atoms with van der Waals surface area (Å²) >= 11 is 0. The SMILES string of the molecule is CC1CCCC(CO)(Nc2nc3ccc(F)cn3n2)C1. The van der Waals surface area contributed by atoms with E-state index in [1.54, 1.807) is 6.07 Å². The third kappa shape index (κ3) is 2.47. The molecule has 2 heterocycles. The molecule has 6 heteroatoms. The van der Waals surface area contributed by atoms with Crippen molar-refractivity contribution in [3.8, 4) is 0 Å². The first-order valence-electron chi connectivity index (χ1n) is 7.01. The summed E-state index contributed by atoms with van der Waals surface area (Å²) in [5.41, 5.74) is 0.229. The van der Waals surface area contributed by atoms with E-state index < -0.39 is 0 Å². The van der Waals surface area contributed by atoms with Crippen LogP contribution in [0.15, 0.2) is 18.3 Å². The molecule has 1 saturated carbocycles. The van der Waals surface area contributed by atoms with Gasteiger partial charge in [0, 0.05) is 0 Å². The molecule has 0 amide bonds. The summed E-state index contributed by atoms with van der Waals surface area (Å²) in [6, 6.07) is 2.95. The number of fused-ring (bicyclic) bond motifs is 1. The summed E-state index contributed by atoms with van der Waals surface area (Å²) in [4.78, 5) is 4.33. The molecule has 2 unspecified atom stereocenters. The van der Waals surface area contributed by atoms with E-state index >= 15 is 0 Å². The minimum atomic E-state index is -0.360. The lowest BCUT2D eigenvalue weighted by molar-refractivity contribution is 0.149. The smallest absolute Gasteiger partial charge is 0.243 e. The molecule has 2 aromatic rings. The van der Waals surface area contributed by atoms with Gasteiger partial charge in [-0.2, -0.15) is 4.98 Å². The number of rotatable bonds is 3. The molecule has 1 fully saturated rings. The number of halogens is 1. The molecular formula is C14H19FN4O. The number of nitrogens with one attached hydrogen (secondary N) is 1. The second-order valence-corrected chi connectivity index (χ2v) is 5.85. The molecule has 2 atom stereocenters. The largest absolute Gasteiger partial charge is 0.394 e. The van der Waals surface area contributed by atoms with Crippen molar-refractivity contribution in [3.63, 3.8) is 0 Å². The second-order valence-electron chi connectivity index (χ2n) is 5.85. The van der Waals surface area contributed by atoms with Gasteiger partial charge in [0.1, 0.15) is 5.82 Å². The number of hydrogen-bond donors (Lipinski definition) is 2. The average molecular weight is 278 g/mol. The van der Waals surface area contributed by atoms with Gasteiger partial charge in [0.05, 0.1) is 18.3 Å². The van der Waals surface area contributed by atoms with Gasteiger partial charge in [0.2, 0.25) is 5.95 Å². The molecule has 0 aliphatic heterocycles. The highest BCUT2D eigenvalue weighted by Gasteiger charge is 2.35. The minimum absolute atomic E-state index is 0.0568. The van der Waals surface area contributed by atoms with Gasteiger partial charge >= 0.3 is 0 Å². The molecule has 20 heavy (non-hydrogen) atoms. The zero-order chi connectivity index (χ0) is 14.2. The molecule has 0 spiro atoms. The van der Waals surface area contributed by atoms with Crippen LogP contribution in [0.3, 0.4) is 0 Å². The molecule has 2 aromatic heterocycles. The maximum atomic E-state index is 13.1. The Bertz CT molecular complexity index is 614. The van der Waals surface area contributed by atoms with Gasteiger partial charge in [-0.3, -0.25) is 0 Å². The van der Waals surface area contributed by atoms with Crippen molar-refractivity contribution in [2.24, 2.45) is 5.92 Å². The Morgan fingerprint density at radius 2 is 2.40 bits per heavy atom. The van der Waals surface area contributed by atoms with Crippen molar-refractivity contribution >= 4 is 11.6 Å². The monoisotopic (exact) mass is 278 g/mol. The van der Waals surface area contributed by atoms with E-state index in [0.717, 1.165) is 19.3 Å². The highest BCUT2D eigenvalue weighted by molar-refractivity contribution is 5.44. The van der Waals surface area contributed by atoms with Crippen molar-refractivity contribution in [1.29, 1.82) is 0 Å². The van der Waals surface area contributed by atoms with Crippen LogP contribution in [0, 0.1) is 11.7 Å². The summed E-state index contributed by atoms with van der Waals surface area (Å²) in [7, 11) is 0. The Kier molecular flexibility index (Phi) is 3.33. The topological polar surface area (TPSA) is 62.5 Å². The van der Waals surface area contributed by atoms with Crippen LogP contribution in [-0.2, 0) is 0 Å². The molecule has 3 rings (SSSR count). The Balaban J connectivity index is 1.87. The number of nitrogens with zero attached hydrogens (tertiary/aromatic N) is 3. The van der Waals surface area contributed by atoms with Crippen molar-refractivity contribution in [3.05, 3.63) is 24.1 Å². The van der Waals surface area contributed by atoms with Crippen LogP contribution >= 0.6 is 0 Å². The molecular weight excluding hydrogens is 259 g/mol. The number of anilines is 1. The first kappa shape index (κ1) is 13.3. The van der Waals surface area contributed by atoms with E-state index in [-0.39, 0.29) is 18.0 Å². The predicted octanol–water partition coefficient (Wildman–Crippen LogP) is 2.22. The molecule has 1 aliphatic rings. The fraction of sp³-hybridized carbons (Fsp3) is 0.571. The summed E-state index contributed by atoms with van der Waals surface area (Å²) in [5.74, 6) is 0.661. The number of aliphatic hydroxyl groups excluding tert-OH is 1. The molecule has 0 saturated heterocycles. The Labute approximate surface area is 116 Å². The van der Waals surface area contributed by atoms with Crippen LogP contribution in [0.5, 0.6) is 0 Å². The van der Waals surface area contributed by atoms with Crippen LogP contribution in [-0.4, -0.2) is 31.9 Å². The molecule has 108 valence electrons. The third-order valence-corrected chi connectivity index (χ3v) is 4.07. The Morgan fingerprint density at radius 1 is 1.55 bits per heavy atom. The van der Waals surface area contributed by atoms with E-state index in [1.165, 1.54) is 23.2 Å². The normalized spacial score (nSPS) is 26.9. The van der Waals surface area contributed by atoms with Crippen molar-refractivity contribution in [1.82, 2.24) is 14.6 Å². The van der Waals surface area contributed by atoms with Gasteiger partial charge < -0.3 is 10.4 Å². The molecule has 0 bridgehead atoms. The second kappa shape index (κ2) is 5.01. The molecule has 0 radical (unpaired) electrons. The van der Waals surface area contributed by atoms with Crippen LogP contribution < -0.4 is 5.32 Å². The van der Waals surface area contributed by atoms with Gasteiger partial charge in [-0.05, 0) is 30.9 Å². The van der Waals surface area contributed by atoms with Gasteiger partial charge in [-0.15, -0.1) is 5.10 Å². The van der Waals surface area contributed by atoms with Crippen LogP contribution in [0.2, 0.25) is 0 Å². The molecule has 1 aliphatic carbocycles. The third-order valence-electron chi connectivity index (χ3n) is 4.07. The van der Waals surface area contributed by atoms with Gasteiger partial charge in [-0.1, -0.05) is 19.8 Å². The summed E-state index contributed by atoms with van der Waals surface area (Å²) < 4.78 is 14.6. The first-order valence-corrected chi connectivity index (χ1v) is 7.01. The fourth-order valence-corrected chi connectivity index (χ4v) is 3.10. The zero-order valence-electron chi connectivity index (χ0n) is 11.5. The minimum Gasteiger partial charge on any atom is -0.394 e. The van der Waals surface area contributed by atoms with Crippen molar-refractivity contribution < 1.29 is 9.50 Å². The zero-order valence-corrected chi connectivity index (χ0v) is 11.5. The first-order chi connectivity index (χ1) is 9.60. The summed E-state index contributed by atoms with van der Waals surface area (Å²) in [6.07, 6.45) is 5.36. The number of aliphatic hydroxyl groups is 1. The van der Waals surface area contributed by atoms with E-state index in [4.69, 9.17) is 0 Å². The summed E-state index contributed by atoms with van der Waals surface area (Å²) in [5, 5.41) is 17.3. The highest BCUT2D eigenvalue weighted by Crippen LogP contribution is 2.34. The van der Waals surface area contributed by atoms with Gasteiger partial charge in [-0.25, -0.2) is 8.91 Å². The van der Waals surface area contributed by atoms with E-state index in [1.807, 2.05) is 0 Å². The number of hydrogen-bond acceptors (Lipinski definition) is 4. The van der Waals surface area contributed by atoms with E-state index in [9.17, 15) is 9.50 Å². The van der Waals surface area contributed by atoms with Gasteiger partial charge in [0.25, 0.3) is 0 Å². The number of pyridine rings is 1. The standard InChI is InChI=1S/C14H19FN4O/c1-10-3-2-6-14(7-10,9-20)17-13-16-12-5-4-11(15)8-19(12)18-13/h4-5,8,10,20H,2-3,6-7,9H2,1H3,(H,17,18). The van der Waals surface area contributed by atoms with Crippen molar-refractivity contribution in [2.75, 3.05) is 11.9 Å². The Morgan fingerprint density at radius 3 is 3.15 bits per heavy atom. The lowest BCUT2D eigenvalue weighted by Gasteiger charge is -2.39. The van der Waals surface area contributed by atoms with Crippen LogP contribution in [0.25, 0.3) is 5.65 Å².